The summed E-state index contributed by atoms with van der Waals surface area (Å²) in [7, 11) is -0.948. The van der Waals surface area contributed by atoms with Crippen LogP contribution in [0.25, 0.3) is 0 Å². The van der Waals surface area contributed by atoms with Crippen LogP contribution in [0.5, 0.6) is 11.6 Å². The molecule has 1 unspecified atom stereocenters. The maximum Gasteiger partial charge on any atom is 0.491 e. The van der Waals surface area contributed by atoms with Crippen LogP contribution >= 0.6 is 0 Å². The van der Waals surface area contributed by atoms with Crippen LogP contribution in [0.4, 0.5) is 0 Å². The number of carbonyl (C=O) groups excluding carboxylic acids is 2. The average Bonchev–Trinajstić information content (AvgIpc) is 3.33. The molecule has 0 saturated carbocycles. The van der Waals surface area contributed by atoms with Gasteiger partial charge in [0, 0.05) is 31.6 Å². The van der Waals surface area contributed by atoms with Crippen LogP contribution < -0.4 is 14.9 Å². The normalized spacial score (nSPS) is 20.2. The van der Waals surface area contributed by atoms with E-state index in [4.69, 9.17) is 14.1 Å². The quantitative estimate of drug-likeness (QED) is 0.446. The third kappa shape index (κ3) is 4.03. The standard InChI is InChI=1S/C21H23BN2O6/c1-3-28-20-7-4-14(10-23-20)15-9-19(24(11-15)13(2)25)21(26)30-17-5-6-18-16(8-17)12-29-22(18)27/h4-8,10,15,19,27H,3,9,11-12H2,1-2H3/t15?,19-/m1/s1. The molecule has 4 rings (SSSR count). The summed E-state index contributed by atoms with van der Waals surface area (Å²) >= 11 is 0. The molecule has 2 atom stereocenters. The highest BCUT2D eigenvalue weighted by atomic mass is 16.5. The van der Waals surface area contributed by atoms with Gasteiger partial charge in [0.1, 0.15) is 11.8 Å². The first-order valence-corrected chi connectivity index (χ1v) is 9.96. The van der Waals surface area contributed by atoms with E-state index < -0.39 is 19.1 Å². The van der Waals surface area contributed by atoms with Crippen molar-refractivity contribution in [3.8, 4) is 11.6 Å². The summed E-state index contributed by atoms with van der Waals surface area (Å²) in [5, 5.41) is 9.72. The lowest BCUT2D eigenvalue weighted by Gasteiger charge is -2.21. The number of amides is 1. The van der Waals surface area contributed by atoms with Gasteiger partial charge in [0.15, 0.2) is 0 Å². The summed E-state index contributed by atoms with van der Waals surface area (Å²) in [6, 6.07) is 8.03. The number of pyridine rings is 1. The van der Waals surface area contributed by atoms with Gasteiger partial charge >= 0.3 is 13.1 Å². The van der Waals surface area contributed by atoms with Gasteiger partial charge in [0.05, 0.1) is 13.2 Å². The number of hydrogen-bond donors (Lipinski definition) is 1. The lowest BCUT2D eigenvalue weighted by Crippen LogP contribution is -2.41. The molecule has 30 heavy (non-hydrogen) atoms. The molecule has 156 valence electrons. The van der Waals surface area contributed by atoms with Crippen molar-refractivity contribution in [3.05, 3.63) is 47.7 Å². The van der Waals surface area contributed by atoms with Gasteiger partial charge < -0.3 is 24.1 Å². The zero-order chi connectivity index (χ0) is 21.3. The molecule has 0 aliphatic carbocycles. The Hall–Kier alpha value is -2.91. The molecule has 8 nitrogen and oxygen atoms in total. The van der Waals surface area contributed by atoms with E-state index in [1.807, 2.05) is 13.0 Å². The fourth-order valence-corrected chi connectivity index (χ4v) is 3.97. The zero-order valence-corrected chi connectivity index (χ0v) is 16.9. The molecular weight excluding hydrogens is 387 g/mol. The number of fused-ring (bicyclic) bond motifs is 1. The monoisotopic (exact) mass is 410 g/mol. The van der Waals surface area contributed by atoms with Gasteiger partial charge in [-0.2, -0.15) is 0 Å². The van der Waals surface area contributed by atoms with E-state index in [1.54, 1.807) is 35.4 Å². The van der Waals surface area contributed by atoms with Crippen LogP contribution in [0, 0.1) is 0 Å². The Morgan fingerprint density at radius 1 is 1.33 bits per heavy atom. The molecule has 1 fully saturated rings. The number of nitrogens with zero attached hydrogens (tertiary/aromatic N) is 2. The van der Waals surface area contributed by atoms with Gasteiger partial charge in [-0.15, -0.1) is 0 Å². The number of likely N-dealkylation sites (tertiary alicyclic amines) is 1. The van der Waals surface area contributed by atoms with Crippen molar-refractivity contribution in [3.63, 3.8) is 0 Å². The topological polar surface area (TPSA) is 98.2 Å². The molecule has 2 aromatic rings. The maximum atomic E-state index is 12.9. The van der Waals surface area contributed by atoms with E-state index in [-0.39, 0.29) is 18.4 Å². The van der Waals surface area contributed by atoms with Crippen molar-refractivity contribution in [2.24, 2.45) is 0 Å². The first kappa shape index (κ1) is 20.4. The Bertz CT molecular complexity index is 951. The highest BCUT2D eigenvalue weighted by Crippen LogP contribution is 2.33. The molecule has 1 saturated heterocycles. The van der Waals surface area contributed by atoms with E-state index in [1.165, 1.54) is 6.92 Å². The van der Waals surface area contributed by atoms with Crippen molar-refractivity contribution in [1.82, 2.24) is 9.88 Å². The first-order valence-electron chi connectivity index (χ1n) is 9.96. The van der Waals surface area contributed by atoms with Crippen molar-refractivity contribution in [1.29, 1.82) is 0 Å². The van der Waals surface area contributed by atoms with Crippen LogP contribution in [0.1, 0.15) is 37.3 Å². The number of rotatable bonds is 5. The fourth-order valence-electron chi connectivity index (χ4n) is 3.97. The molecule has 1 amide bonds. The predicted molar refractivity (Wildman–Crippen MR) is 108 cm³/mol. The van der Waals surface area contributed by atoms with E-state index in [2.05, 4.69) is 4.98 Å². The van der Waals surface area contributed by atoms with E-state index in [9.17, 15) is 14.6 Å². The number of hydrogen-bond acceptors (Lipinski definition) is 7. The predicted octanol–water partition coefficient (Wildman–Crippen LogP) is 1.01. The van der Waals surface area contributed by atoms with E-state index in [0.29, 0.717) is 36.7 Å². The molecule has 2 aliphatic heterocycles. The minimum atomic E-state index is -0.948. The Balaban J connectivity index is 1.48. The number of carbonyl (C=O) groups is 2. The Morgan fingerprint density at radius 2 is 2.17 bits per heavy atom. The summed E-state index contributed by atoms with van der Waals surface area (Å²) in [5.74, 6) is 0.239. The Morgan fingerprint density at radius 3 is 2.87 bits per heavy atom. The molecule has 1 aromatic carbocycles. The Labute approximate surface area is 174 Å². The third-order valence-electron chi connectivity index (χ3n) is 5.50. The maximum absolute atomic E-state index is 12.9. The second-order valence-electron chi connectivity index (χ2n) is 7.43. The van der Waals surface area contributed by atoms with Gasteiger partial charge in [0.2, 0.25) is 11.8 Å². The van der Waals surface area contributed by atoms with Gasteiger partial charge in [-0.3, -0.25) is 4.79 Å². The summed E-state index contributed by atoms with van der Waals surface area (Å²) in [4.78, 5) is 30.9. The van der Waals surface area contributed by atoms with Crippen molar-refractivity contribution in [2.45, 2.75) is 38.8 Å². The number of benzene rings is 1. The minimum absolute atomic E-state index is 0.0156. The number of esters is 1. The van der Waals surface area contributed by atoms with Crippen molar-refractivity contribution < 1.29 is 28.7 Å². The fraction of sp³-hybridized carbons (Fsp3) is 0.381. The third-order valence-corrected chi connectivity index (χ3v) is 5.50. The Kier molecular flexibility index (Phi) is 5.74. The molecule has 3 heterocycles. The van der Waals surface area contributed by atoms with Crippen molar-refractivity contribution in [2.75, 3.05) is 13.2 Å². The van der Waals surface area contributed by atoms with Gasteiger partial charge in [-0.25, -0.2) is 9.78 Å². The second kappa shape index (κ2) is 8.45. The molecule has 9 heteroatoms. The summed E-state index contributed by atoms with van der Waals surface area (Å²) < 4.78 is 16.1. The highest BCUT2D eigenvalue weighted by Gasteiger charge is 2.40. The summed E-state index contributed by atoms with van der Waals surface area (Å²) in [6.07, 6.45) is 2.19. The number of aromatic nitrogens is 1. The second-order valence-corrected chi connectivity index (χ2v) is 7.43. The minimum Gasteiger partial charge on any atom is -0.478 e. The van der Waals surface area contributed by atoms with Gasteiger partial charge in [0.25, 0.3) is 0 Å². The molecule has 2 aliphatic rings. The largest absolute Gasteiger partial charge is 0.491 e. The molecule has 0 spiro atoms. The van der Waals surface area contributed by atoms with Crippen LogP contribution in [0.3, 0.4) is 0 Å². The summed E-state index contributed by atoms with van der Waals surface area (Å²) in [5.41, 5.74) is 2.40. The number of ether oxygens (including phenoxy) is 2. The van der Waals surface area contributed by atoms with Gasteiger partial charge in [-0.05, 0) is 42.1 Å². The van der Waals surface area contributed by atoms with Crippen LogP contribution in [0.2, 0.25) is 0 Å². The van der Waals surface area contributed by atoms with Crippen LogP contribution in [-0.2, 0) is 20.9 Å². The molecule has 1 N–H and O–H groups in total. The lowest BCUT2D eigenvalue weighted by atomic mass is 9.80. The van der Waals surface area contributed by atoms with Crippen LogP contribution in [-0.4, -0.2) is 53.1 Å². The van der Waals surface area contributed by atoms with E-state index in [0.717, 1.165) is 11.1 Å². The lowest BCUT2D eigenvalue weighted by molar-refractivity contribution is -0.145. The van der Waals surface area contributed by atoms with E-state index >= 15 is 0 Å². The van der Waals surface area contributed by atoms with Crippen LogP contribution in [0.15, 0.2) is 36.5 Å². The molecule has 1 aromatic heterocycles. The molecule has 0 bridgehead atoms. The molecule has 0 radical (unpaired) electrons. The SMILES string of the molecule is CCOc1ccc(C2C[C@H](C(=O)Oc3ccc4c(c3)COB4O)N(C(C)=O)C2)cn1. The zero-order valence-electron chi connectivity index (χ0n) is 16.9. The molecular formula is C21H23BN2O6. The van der Waals surface area contributed by atoms with Gasteiger partial charge in [-0.1, -0.05) is 12.1 Å². The van der Waals surface area contributed by atoms with Crippen molar-refractivity contribution >= 4 is 24.5 Å². The average molecular weight is 410 g/mol. The summed E-state index contributed by atoms with van der Waals surface area (Å²) in [6.45, 7) is 4.57. The first-order chi connectivity index (χ1) is 14.5. The highest BCUT2D eigenvalue weighted by molar-refractivity contribution is 6.61. The smallest absolute Gasteiger partial charge is 0.478 e.